The topological polar surface area (TPSA) is 69.7 Å². The van der Waals surface area contributed by atoms with Gasteiger partial charge in [-0.1, -0.05) is 48.0 Å². The van der Waals surface area contributed by atoms with Crippen LogP contribution < -0.4 is 0 Å². The fourth-order valence-corrected chi connectivity index (χ4v) is 5.65. The molecule has 0 radical (unpaired) electrons. The molecule has 5 rings (SSSR count). The maximum atomic E-state index is 12.8. The highest BCUT2D eigenvalue weighted by atomic mass is 32.2. The van der Waals surface area contributed by atoms with E-state index in [0.29, 0.717) is 6.61 Å². The molecule has 5 nitrogen and oxygen atoms in total. The number of esters is 1. The summed E-state index contributed by atoms with van der Waals surface area (Å²) in [4.78, 5) is 13.0. The van der Waals surface area contributed by atoms with Crippen LogP contribution in [0.5, 0.6) is 0 Å². The zero-order chi connectivity index (χ0) is 21.2. The van der Waals surface area contributed by atoms with Crippen molar-refractivity contribution in [3.63, 3.8) is 0 Å². The quantitative estimate of drug-likeness (QED) is 0.469. The Labute approximate surface area is 178 Å². The first-order valence-electron chi connectivity index (χ1n) is 10.5. The second-order valence-corrected chi connectivity index (χ2v) is 10.5. The van der Waals surface area contributed by atoms with E-state index >= 15 is 0 Å². The molecule has 3 aliphatic rings. The summed E-state index contributed by atoms with van der Waals surface area (Å²) in [5.74, 6) is -0.118. The number of ether oxygens (including phenoxy) is 1. The fourth-order valence-electron chi connectivity index (χ4n) is 4.64. The van der Waals surface area contributed by atoms with Crippen LogP contribution >= 0.6 is 0 Å². The van der Waals surface area contributed by atoms with Gasteiger partial charge in [0.05, 0.1) is 16.9 Å². The number of benzene rings is 2. The van der Waals surface area contributed by atoms with E-state index in [-0.39, 0.29) is 22.9 Å². The SMILES string of the molecule is Cc1ccc(S(=O)(=O)OCC23CCC(C(=O)OCc4ccccc4)(CC2)CC3)cc1. The number of carbonyl (C=O) groups is 1. The molecule has 0 unspecified atom stereocenters. The Bertz CT molecular complexity index is 971. The van der Waals surface area contributed by atoms with Crippen molar-refractivity contribution in [3.05, 3.63) is 65.7 Å². The number of aryl methyl sites for hydroxylation is 1. The van der Waals surface area contributed by atoms with Crippen molar-refractivity contribution in [2.24, 2.45) is 10.8 Å². The molecule has 2 bridgehead atoms. The number of rotatable bonds is 7. The molecule has 0 amide bonds. The maximum Gasteiger partial charge on any atom is 0.312 e. The summed E-state index contributed by atoms with van der Waals surface area (Å²) >= 11 is 0. The maximum absolute atomic E-state index is 12.8. The molecule has 2 aromatic carbocycles. The van der Waals surface area contributed by atoms with E-state index in [0.717, 1.165) is 49.7 Å². The molecule has 2 aromatic rings. The summed E-state index contributed by atoms with van der Waals surface area (Å²) in [6, 6.07) is 16.4. The van der Waals surface area contributed by atoms with E-state index in [4.69, 9.17) is 8.92 Å². The Morgan fingerprint density at radius 3 is 2.10 bits per heavy atom. The molecule has 0 N–H and O–H groups in total. The molecule has 6 heteroatoms. The molecule has 0 aliphatic heterocycles. The molecule has 0 spiro atoms. The van der Waals surface area contributed by atoms with E-state index in [2.05, 4.69) is 0 Å². The Kier molecular flexibility index (Phi) is 5.73. The van der Waals surface area contributed by atoms with E-state index in [1.807, 2.05) is 37.3 Å². The molecular weight excluding hydrogens is 400 g/mol. The average Bonchev–Trinajstić information content (AvgIpc) is 2.78. The highest BCUT2D eigenvalue weighted by Crippen LogP contribution is 2.57. The van der Waals surface area contributed by atoms with Crippen molar-refractivity contribution in [1.29, 1.82) is 0 Å². The normalized spacial score (nSPS) is 25.8. The van der Waals surface area contributed by atoms with Crippen LogP contribution in [0.4, 0.5) is 0 Å². The Morgan fingerprint density at radius 2 is 1.50 bits per heavy atom. The van der Waals surface area contributed by atoms with Gasteiger partial charge in [-0.2, -0.15) is 8.42 Å². The summed E-state index contributed by atoms with van der Waals surface area (Å²) < 4.78 is 36.2. The first kappa shape index (κ1) is 21.1. The van der Waals surface area contributed by atoms with Crippen molar-refractivity contribution in [2.75, 3.05) is 6.61 Å². The summed E-state index contributed by atoms with van der Waals surface area (Å²) in [6.45, 7) is 2.39. The molecule has 0 aromatic heterocycles. The lowest BCUT2D eigenvalue weighted by Gasteiger charge is -2.51. The minimum atomic E-state index is -3.77. The second kappa shape index (κ2) is 8.16. The van der Waals surface area contributed by atoms with Gasteiger partial charge in [-0.15, -0.1) is 0 Å². The van der Waals surface area contributed by atoms with Crippen LogP contribution in [0, 0.1) is 17.8 Å². The highest BCUT2D eigenvalue weighted by molar-refractivity contribution is 7.86. The van der Waals surface area contributed by atoms with Crippen LogP contribution in [-0.4, -0.2) is 21.0 Å². The predicted molar refractivity (Wildman–Crippen MR) is 113 cm³/mol. The number of hydrogen-bond donors (Lipinski definition) is 0. The third-order valence-electron chi connectivity index (χ3n) is 6.88. The Hall–Kier alpha value is -2.18. The van der Waals surface area contributed by atoms with E-state index in [1.165, 1.54) is 0 Å². The Morgan fingerprint density at radius 1 is 0.900 bits per heavy atom. The van der Waals surface area contributed by atoms with E-state index in [9.17, 15) is 13.2 Å². The van der Waals surface area contributed by atoms with Crippen molar-refractivity contribution in [1.82, 2.24) is 0 Å². The largest absolute Gasteiger partial charge is 0.460 e. The van der Waals surface area contributed by atoms with Gasteiger partial charge in [0.1, 0.15) is 6.61 Å². The molecule has 3 aliphatic carbocycles. The summed E-state index contributed by atoms with van der Waals surface area (Å²) in [5, 5.41) is 0. The third kappa shape index (κ3) is 4.30. The monoisotopic (exact) mass is 428 g/mol. The van der Waals surface area contributed by atoms with Gasteiger partial charge in [-0.3, -0.25) is 8.98 Å². The first-order valence-corrected chi connectivity index (χ1v) is 11.9. The minimum absolute atomic E-state index is 0.118. The van der Waals surface area contributed by atoms with Gasteiger partial charge in [0, 0.05) is 0 Å². The zero-order valence-electron chi connectivity index (χ0n) is 17.3. The summed E-state index contributed by atoms with van der Waals surface area (Å²) in [5.41, 5.74) is 1.39. The van der Waals surface area contributed by atoms with Gasteiger partial charge in [-0.05, 0) is 68.6 Å². The standard InChI is InChI=1S/C24H28O5S/c1-19-7-9-21(10-8-19)30(26,27)29-18-23-11-14-24(15-12-23,16-13-23)22(25)28-17-20-5-3-2-4-6-20/h2-10H,11-18H2,1H3. The van der Waals surface area contributed by atoms with Crippen LogP contribution in [0.25, 0.3) is 0 Å². The van der Waals surface area contributed by atoms with Crippen molar-refractivity contribution >= 4 is 16.1 Å². The lowest BCUT2D eigenvalue weighted by Crippen LogP contribution is -2.48. The molecular formula is C24H28O5S. The van der Waals surface area contributed by atoms with E-state index < -0.39 is 15.5 Å². The van der Waals surface area contributed by atoms with Crippen molar-refractivity contribution < 1.29 is 22.1 Å². The molecule has 0 saturated heterocycles. The molecule has 3 saturated carbocycles. The predicted octanol–water partition coefficient (Wildman–Crippen LogP) is 4.78. The fraction of sp³-hybridized carbons (Fsp3) is 0.458. The average molecular weight is 429 g/mol. The zero-order valence-corrected chi connectivity index (χ0v) is 18.1. The first-order chi connectivity index (χ1) is 14.3. The Balaban J connectivity index is 1.34. The van der Waals surface area contributed by atoms with Gasteiger partial charge < -0.3 is 4.74 Å². The third-order valence-corrected chi connectivity index (χ3v) is 8.16. The number of fused-ring (bicyclic) bond motifs is 3. The molecule has 30 heavy (non-hydrogen) atoms. The van der Waals surface area contributed by atoms with Gasteiger partial charge in [-0.25, -0.2) is 0 Å². The van der Waals surface area contributed by atoms with Crippen molar-refractivity contribution in [3.8, 4) is 0 Å². The summed E-state index contributed by atoms with van der Waals surface area (Å²) in [6.07, 6.45) is 4.56. The molecule has 0 atom stereocenters. The van der Waals surface area contributed by atoms with Crippen molar-refractivity contribution in [2.45, 2.75) is 57.0 Å². The van der Waals surface area contributed by atoms with Gasteiger partial charge in [0.15, 0.2) is 0 Å². The molecule has 0 heterocycles. The highest BCUT2D eigenvalue weighted by Gasteiger charge is 2.53. The van der Waals surface area contributed by atoms with Gasteiger partial charge in [0.25, 0.3) is 10.1 Å². The van der Waals surface area contributed by atoms with Gasteiger partial charge in [0.2, 0.25) is 0 Å². The lowest BCUT2D eigenvalue weighted by molar-refractivity contribution is -0.168. The molecule has 160 valence electrons. The second-order valence-electron chi connectivity index (χ2n) is 8.87. The minimum Gasteiger partial charge on any atom is -0.460 e. The van der Waals surface area contributed by atoms with Crippen LogP contribution in [0.1, 0.15) is 49.7 Å². The van der Waals surface area contributed by atoms with Crippen LogP contribution in [-0.2, 0) is 30.4 Å². The van der Waals surface area contributed by atoms with Gasteiger partial charge >= 0.3 is 5.97 Å². The lowest BCUT2D eigenvalue weighted by atomic mass is 9.54. The molecule has 3 fully saturated rings. The van der Waals surface area contributed by atoms with E-state index in [1.54, 1.807) is 24.3 Å². The summed E-state index contributed by atoms with van der Waals surface area (Å²) in [7, 11) is -3.77. The smallest absolute Gasteiger partial charge is 0.312 e. The van der Waals surface area contributed by atoms with Crippen LogP contribution in [0.2, 0.25) is 0 Å². The number of hydrogen-bond acceptors (Lipinski definition) is 5. The number of carbonyl (C=O) groups excluding carboxylic acids is 1. The van der Waals surface area contributed by atoms with Crippen LogP contribution in [0.15, 0.2) is 59.5 Å². The van der Waals surface area contributed by atoms with Crippen LogP contribution in [0.3, 0.4) is 0 Å².